The van der Waals surface area contributed by atoms with Crippen LogP contribution >= 0.6 is 0 Å². The molecule has 1 N–H and O–H groups in total. The second-order valence-electron chi connectivity index (χ2n) is 6.94. The molecular formula is C18H34N2O3. The normalized spacial score (nSPS) is 27.7. The van der Waals surface area contributed by atoms with Crippen LogP contribution in [0.1, 0.15) is 58.8 Å². The summed E-state index contributed by atoms with van der Waals surface area (Å²) in [6.07, 6.45) is 8.55. The topological polar surface area (TPSA) is 50.8 Å². The van der Waals surface area contributed by atoms with Gasteiger partial charge in [-0.25, -0.2) is 4.79 Å². The monoisotopic (exact) mass is 326 g/mol. The molecule has 2 aliphatic rings. The van der Waals surface area contributed by atoms with Gasteiger partial charge in [-0.05, 0) is 31.6 Å². The van der Waals surface area contributed by atoms with Gasteiger partial charge in [-0.15, -0.1) is 0 Å². The number of carbonyl (C=O) groups is 1. The lowest BCUT2D eigenvalue weighted by Gasteiger charge is -2.39. The first kappa shape index (κ1) is 18.5. The Kier molecular flexibility index (Phi) is 7.63. The minimum Gasteiger partial charge on any atom is -0.379 e. The third kappa shape index (κ3) is 5.08. The van der Waals surface area contributed by atoms with Crippen LogP contribution in [0.2, 0.25) is 0 Å². The van der Waals surface area contributed by atoms with Gasteiger partial charge in [0.2, 0.25) is 0 Å². The van der Waals surface area contributed by atoms with Crippen molar-refractivity contribution in [2.45, 2.75) is 77.0 Å². The molecule has 1 heterocycles. The number of rotatable bonds is 6. The predicted molar refractivity (Wildman–Crippen MR) is 91.6 cm³/mol. The van der Waals surface area contributed by atoms with Gasteiger partial charge in [0.25, 0.3) is 0 Å². The van der Waals surface area contributed by atoms with E-state index in [-0.39, 0.29) is 24.3 Å². The van der Waals surface area contributed by atoms with Crippen molar-refractivity contribution in [2.24, 2.45) is 5.92 Å². The van der Waals surface area contributed by atoms with Gasteiger partial charge in [0.15, 0.2) is 0 Å². The molecule has 0 spiro atoms. The Morgan fingerprint density at radius 3 is 2.61 bits per heavy atom. The van der Waals surface area contributed by atoms with Crippen molar-refractivity contribution in [3.8, 4) is 0 Å². The van der Waals surface area contributed by atoms with Crippen molar-refractivity contribution in [1.82, 2.24) is 10.2 Å². The fourth-order valence-electron chi connectivity index (χ4n) is 3.83. The number of urea groups is 1. The summed E-state index contributed by atoms with van der Waals surface area (Å²) < 4.78 is 11.5. The second kappa shape index (κ2) is 9.48. The summed E-state index contributed by atoms with van der Waals surface area (Å²) in [5.41, 5.74) is 0. The van der Waals surface area contributed by atoms with Gasteiger partial charge < -0.3 is 19.7 Å². The summed E-state index contributed by atoms with van der Waals surface area (Å²) >= 11 is 0. The summed E-state index contributed by atoms with van der Waals surface area (Å²) in [5, 5.41) is 3.12. The molecule has 1 aliphatic carbocycles. The molecule has 5 heteroatoms. The van der Waals surface area contributed by atoms with E-state index in [0.717, 1.165) is 12.8 Å². The van der Waals surface area contributed by atoms with Crippen LogP contribution in [0.25, 0.3) is 0 Å². The molecule has 3 atom stereocenters. The molecule has 2 amide bonds. The van der Waals surface area contributed by atoms with Crippen molar-refractivity contribution < 1.29 is 14.3 Å². The van der Waals surface area contributed by atoms with E-state index in [4.69, 9.17) is 9.47 Å². The number of amides is 2. The molecule has 0 aromatic heterocycles. The minimum atomic E-state index is 0.0384. The molecule has 5 nitrogen and oxygen atoms in total. The number of methoxy groups -OCH3 is 1. The van der Waals surface area contributed by atoms with Gasteiger partial charge >= 0.3 is 6.03 Å². The van der Waals surface area contributed by atoms with Crippen LogP contribution in [-0.4, -0.2) is 56.0 Å². The number of nitrogens with one attached hydrogen (secondary N) is 1. The lowest BCUT2D eigenvalue weighted by Crippen LogP contribution is -2.56. The fourth-order valence-corrected chi connectivity index (χ4v) is 3.83. The van der Waals surface area contributed by atoms with Crippen LogP contribution in [0.4, 0.5) is 4.79 Å². The highest BCUT2D eigenvalue weighted by molar-refractivity contribution is 5.74. The summed E-state index contributed by atoms with van der Waals surface area (Å²) in [6.45, 7) is 6.18. The molecule has 0 aromatic rings. The third-order valence-corrected chi connectivity index (χ3v) is 5.49. The largest absolute Gasteiger partial charge is 0.379 e. The Bertz CT molecular complexity index is 358. The van der Waals surface area contributed by atoms with Crippen molar-refractivity contribution in [1.29, 1.82) is 0 Å². The Balaban J connectivity index is 1.85. The zero-order valence-electron chi connectivity index (χ0n) is 15.1. The minimum absolute atomic E-state index is 0.0384. The summed E-state index contributed by atoms with van der Waals surface area (Å²) in [6, 6.07) is 0.227. The average molecular weight is 326 g/mol. The number of nitrogens with zero attached hydrogens (tertiary/aromatic N) is 1. The van der Waals surface area contributed by atoms with E-state index in [1.807, 2.05) is 4.90 Å². The smallest absolute Gasteiger partial charge is 0.317 e. The Hall–Kier alpha value is -0.810. The quantitative estimate of drug-likeness (QED) is 0.815. The van der Waals surface area contributed by atoms with E-state index < -0.39 is 0 Å². The van der Waals surface area contributed by atoms with Crippen LogP contribution in [0.15, 0.2) is 0 Å². The summed E-state index contributed by atoms with van der Waals surface area (Å²) in [5.74, 6) is 0.587. The van der Waals surface area contributed by atoms with Gasteiger partial charge in [-0.2, -0.15) is 0 Å². The summed E-state index contributed by atoms with van der Waals surface area (Å²) in [4.78, 5) is 14.6. The molecule has 0 aromatic carbocycles. The fraction of sp³-hybridized carbons (Fsp3) is 0.944. The van der Waals surface area contributed by atoms with Crippen molar-refractivity contribution >= 4 is 6.03 Å². The Labute approximate surface area is 141 Å². The van der Waals surface area contributed by atoms with Crippen LogP contribution in [0.5, 0.6) is 0 Å². The average Bonchev–Trinajstić information content (AvgIpc) is 2.62. The van der Waals surface area contributed by atoms with Gasteiger partial charge in [-0.3, -0.25) is 0 Å². The van der Waals surface area contributed by atoms with Crippen molar-refractivity contribution in [3.05, 3.63) is 0 Å². The molecule has 1 aliphatic heterocycles. The lowest BCUT2D eigenvalue weighted by molar-refractivity contribution is -0.0486. The van der Waals surface area contributed by atoms with E-state index in [1.165, 1.54) is 32.1 Å². The maximum absolute atomic E-state index is 12.6. The Morgan fingerprint density at radius 2 is 2.00 bits per heavy atom. The number of hydrogen-bond donors (Lipinski definition) is 1. The van der Waals surface area contributed by atoms with E-state index in [0.29, 0.717) is 25.6 Å². The Morgan fingerprint density at radius 1 is 1.26 bits per heavy atom. The number of hydrogen-bond acceptors (Lipinski definition) is 3. The van der Waals surface area contributed by atoms with Crippen LogP contribution in [-0.2, 0) is 9.47 Å². The van der Waals surface area contributed by atoms with E-state index in [1.54, 1.807) is 7.11 Å². The molecule has 2 fully saturated rings. The van der Waals surface area contributed by atoms with Gasteiger partial charge in [-0.1, -0.05) is 33.1 Å². The van der Waals surface area contributed by atoms with Crippen molar-refractivity contribution in [2.75, 3.05) is 26.8 Å². The highest BCUT2D eigenvalue weighted by Crippen LogP contribution is 2.27. The predicted octanol–water partition coefficient (Wildman–Crippen LogP) is 3.18. The highest BCUT2D eigenvalue weighted by atomic mass is 16.5. The van der Waals surface area contributed by atoms with Crippen molar-refractivity contribution in [3.63, 3.8) is 0 Å². The van der Waals surface area contributed by atoms with Gasteiger partial charge in [0.05, 0.1) is 24.9 Å². The van der Waals surface area contributed by atoms with E-state index in [2.05, 4.69) is 19.2 Å². The number of carbonyl (C=O) groups excluding carboxylic acids is 1. The van der Waals surface area contributed by atoms with E-state index >= 15 is 0 Å². The molecule has 23 heavy (non-hydrogen) atoms. The second-order valence-corrected chi connectivity index (χ2v) is 6.94. The molecular weight excluding hydrogens is 292 g/mol. The third-order valence-electron chi connectivity index (χ3n) is 5.49. The zero-order chi connectivity index (χ0) is 16.7. The molecule has 1 saturated carbocycles. The maximum atomic E-state index is 12.6. The molecule has 134 valence electrons. The van der Waals surface area contributed by atoms with Crippen LogP contribution in [0.3, 0.4) is 0 Å². The first-order valence-electron chi connectivity index (χ1n) is 9.38. The first-order chi connectivity index (χ1) is 11.2. The molecule has 0 radical (unpaired) electrons. The lowest BCUT2D eigenvalue weighted by atomic mass is 9.85. The summed E-state index contributed by atoms with van der Waals surface area (Å²) in [7, 11) is 1.77. The maximum Gasteiger partial charge on any atom is 0.317 e. The number of ether oxygens (including phenoxy) is 2. The van der Waals surface area contributed by atoms with Gasteiger partial charge in [0, 0.05) is 20.2 Å². The molecule has 3 unspecified atom stereocenters. The van der Waals surface area contributed by atoms with Crippen LogP contribution in [0, 0.1) is 5.92 Å². The standard InChI is InChI=1S/C18H34N2O3/c1-4-15-13-23-16(5-2)12-20(15)18(21)19-11-17(22-3)14-9-7-6-8-10-14/h14-17H,4-13H2,1-3H3,(H,19,21). The highest BCUT2D eigenvalue weighted by Gasteiger charge is 2.31. The first-order valence-corrected chi connectivity index (χ1v) is 9.38. The van der Waals surface area contributed by atoms with Gasteiger partial charge in [0.1, 0.15) is 0 Å². The molecule has 1 saturated heterocycles. The molecule has 0 bridgehead atoms. The zero-order valence-corrected chi connectivity index (χ0v) is 15.1. The SMILES string of the molecule is CCC1CN(C(=O)NCC(OC)C2CCCCC2)C(CC)CO1. The molecule has 2 rings (SSSR count). The van der Waals surface area contributed by atoms with Crippen LogP contribution < -0.4 is 5.32 Å². The van der Waals surface area contributed by atoms with E-state index in [9.17, 15) is 4.79 Å². The number of morpholine rings is 1.